The van der Waals surface area contributed by atoms with Gasteiger partial charge >= 0.3 is 0 Å². The first kappa shape index (κ1) is 15.7. The maximum atomic E-state index is 11.8. The van der Waals surface area contributed by atoms with Crippen LogP contribution >= 0.6 is 11.8 Å². The molecule has 2 aromatic rings. The second-order valence-corrected chi connectivity index (χ2v) is 6.89. The van der Waals surface area contributed by atoms with Crippen molar-refractivity contribution in [2.24, 2.45) is 0 Å². The molecule has 7 heteroatoms. The van der Waals surface area contributed by atoms with Crippen LogP contribution in [0.4, 0.5) is 5.69 Å². The third-order valence-electron chi connectivity index (χ3n) is 2.85. The van der Waals surface area contributed by atoms with Gasteiger partial charge in [-0.25, -0.2) is 13.1 Å². The number of anilines is 1. The summed E-state index contributed by atoms with van der Waals surface area (Å²) in [5, 5.41) is 0. The Morgan fingerprint density at radius 3 is 2.52 bits per heavy atom. The molecule has 0 aliphatic carbocycles. The lowest BCUT2D eigenvalue weighted by Gasteiger charge is -2.12. The molecular formula is C14H16N2O3S2. The maximum absolute atomic E-state index is 11.8. The molecule has 0 fully saturated rings. The number of hydrogen-bond donors (Lipinski definition) is 2. The molecule has 0 amide bonds. The van der Waals surface area contributed by atoms with E-state index < -0.39 is 10.0 Å². The number of rotatable bonds is 5. The predicted octanol–water partition coefficient (Wildman–Crippen LogP) is 2.69. The van der Waals surface area contributed by atoms with Crippen LogP contribution in [0.15, 0.2) is 52.3 Å². The fraction of sp³-hybridized carbons (Fsp3) is 0.143. The van der Waals surface area contributed by atoms with E-state index in [0.29, 0.717) is 17.2 Å². The molecule has 0 atom stereocenters. The molecule has 112 valence electrons. The number of benzene rings is 2. The first-order valence-electron chi connectivity index (χ1n) is 6.12. The highest BCUT2D eigenvalue weighted by molar-refractivity contribution is 7.98. The molecule has 0 aliphatic rings. The Labute approximate surface area is 128 Å². The van der Waals surface area contributed by atoms with Crippen LogP contribution in [0.1, 0.15) is 0 Å². The van der Waals surface area contributed by atoms with Crippen molar-refractivity contribution in [1.82, 2.24) is 4.72 Å². The van der Waals surface area contributed by atoms with E-state index in [0.717, 1.165) is 4.90 Å². The van der Waals surface area contributed by atoms with Gasteiger partial charge in [0.05, 0.1) is 10.6 Å². The van der Waals surface area contributed by atoms with Crippen molar-refractivity contribution < 1.29 is 13.2 Å². The van der Waals surface area contributed by atoms with E-state index in [1.54, 1.807) is 0 Å². The van der Waals surface area contributed by atoms with Gasteiger partial charge in [-0.2, -0.15) is 0 Å². The highest BCUT2D eigenvalue weighted by atomic mass is 32.2. The van der Waals surface area contributed by atoms with Crippen LogP contribution in [0.25, 0.3) is 0 Å². The van der Waals surface area contributed by atoms with E-state index in [-0.39, 0.29) is 4.90 Å². The Morgan fingerprint density at radius 2 is 1.86 bits per heavy atom. The average molecular weight is 324 g/mol. The number of nitrogens with two attached hydrogens (primary N) is 1. The van der Waals surface area contributed by atoms with Crippen LogP contribution < -0.4 is 15.2 Å². The zero-order valence-electron chi connectivity index (χ0n) is 11.7. The summed E-state index contributed by atoms with van der Waals surface area (Å²) in [5.41, 5.74) is 6.24. The van der Waals surface area contributed by atoms with Crippen molar-refractivity contribution in [3.05, 3.63) is 42.5 Å². The van der Waals surface area contributed by atoms with Crippen LogP contribution in [0.2, 0.25) is 0 Å². The summed E-state index contributed by atoms with van der Waals surface area (Å²) in [6.45, 7) is 0. The van der Waals surface area contributed by atoms with Gasteiger partial charge in [0.15, 0.2) is 5.75 Å². The minimum Gasteiger partial charge on any atom is -0.454 e. The Morgan fingerprint density at radius 1 is 1.14 bits per heavy atom. The normalized spacial score (nSPS) is 11.3. The lowest BCUT2D eigenvalue weighted by Crippen LogP contribution is -2.18. The van der Waals surface area contributed by atoms with E-state index in [2.05, 4.69) is 4.72 Å². The topological polar surface area (TPSA) is 81.4 Å². The van der Waals surface area contributed by atoms with Gasteiger partial charge in [0, 0.05) is 11.0 Å². The van der Waals surface area contributed by atoms with Crippen molar-refractivity contribution in [2.45, 2.75) is 9.79 Å². The summed E-state index contributed by atoms with van der Waals surface area (Å²) in [6.07, 6.45) is 1.94. The molecule has 2 rings (SSSR count). The first-order chi connectivity index (χ1) is 9.97. The number of para-hydroxylation sites is 1. The minimum absolute atomic E-state index is 0.107. The van der Waals surface area contributed by atoms with Gasteiger partial charge in [0.25, 0.3) is 0 Å². The van der Waals surface area contributed by atoms with E-state index in [1.165, 1.54) is 37.0 Å². The van der Waals surface area contributed by atoms with Gasteiger partial charge in [-0.1, -0.05) is 12.1 Å². The van der Waals surface area contributed by atoms with Gasteiger partial charge in [-0.05, 0) is 37.6 Å². The molecule has 5 nitrogen and oxygen atoms in total. The van der Waals surface area contributed by atoms with Crippen LogP contribution in [-0.2, 0) is 10.0 Å². The number of hydrogen-bond acceptors (Lipinski definition) is 5. The van der Waals surface area contributed by atoms with Crippen molar-refractivity contribution in [2.75, 3.05) is 19.0 Å². The molecule has 0 aromatic heterocycles. The van der Waals surface area contributed by atoms with Crippen molar-refractivity contribution in [3.63, 3.8) is 0 Å². The average Bonchev–Trinajstić information content (AvgIpc) is 2.49. The first-order valence-corrected chi connectivity index (χ1v) is 8.82. The molecule has 0 saturated heterocycles. The number of thioether (sulfide) groups is 1. The monoisotopic (exact) mass is 324 g/mol. The molecule has 0 saturated carbocycles. The van der Waals surface area contributed by atoms with Gasteiger partial charge in [0.1, 0.15) is 5.75 Å². The highest BCUT2D eigenvalue weighted by Gasteiger charge is 2.15. The number of sulfonamides is 1. The van der Waals surface area contributed by atoms with Crippen molar-refractivity contribution in [1.29, 1.82) is 0 Å². The minimum atomic E-state index is -3.54. The zero-order valence-corrected chi connectivity index (χ0v) is 13.3. The van der Waals surface area contributed by atoms with Crippen molar-refractivity contribution >= 4 is 27.5 Å². The quantitative estimate of drug-likeness (QED) is 0.653. The third-order valence-corrected chi connectivity index (χ3v) is 5.04. The van der Waals surface area contributed by atoms with E-state index in [9.17, 15) is 8.42 Å². The molecule has 0 heterocycles. The van der Waals surface area contributed by atoms with Crippen LogP contribution in [0.5, 0.6) is 11.5 Å². The van der Waals surface area contributed by atoms with Gasteiger partial charge < -0.3 is 10.5 Å². The number of nitrogens with one attached hydrogen (secondary N) is 1. The van der Waals surface area contributed by atoms with Crippen LogP contribution in [0, 0.1) is 0 Å². The fourth-order valence-electron chi connectivity index (χ4n) is 1.71. The molecule has 0 spiro atoms. The standard InChI is InChI=1S/C14H16N2O3S2/c1-16-21(17,18)10-7-8-11(15)13(9-10)19-12-5-3-4-6-14(12)20-2/h3-9,16H,15H2,1-2H3. The number of nitrogen functional groups attached to an aromatic ring is 1. The van der Waals surface area contributed by atoms with Gasteiger partial charge in [-0.3, -0.25) is 0 Å². The number of ether oxygens (including phenoxy) is 1. The molecular weight excluding hydrogens is 308 g/mol. The molecule has 0 radical (unpaired) electrons. The Kier molecular flexibility index (Phi) is 4.76. The summed E-state index contributed by atoms with van der Waals surface area (Å²) < 4.78 is 31.7. The summed E-state index contributed by atoms with van der Waals surface area (Å²) in [6, 6.07) is 11.9. The fourth-order valence-corrected chi connectivity index (χ4v) is 2.98. The lowest BCUT2D eigenvalue weighted by molar-refractivity contribution is 0.471. The highest BCUT2D eigenvalue weighted by Crippen LogP contribution is 2.34. The zero-order chi connectivity index (χ0) is 15.5. The maximum Gasteiger partial charge on any atom is 0.240 e. The second kappa shape index (κ2) is 6.38. The predicted molar refractivity (Wildman–Crippen MR) is 85.4 cm³/mol. The molecule has 3 N–H and O–H groups in total. The smallest absolute Gasteiger partial charge is 0.240 e. The van der Waals surface area contributed by atoms with E-state index in [4.69, 9.17) is 10.5 Å². The van der Waals surface area contributed by atoms with Crippen LogP contribution in [-0.4, -0.2) is 21.7 Å². The summed E-state index contributed by atoms with van der Waals surface area (Å²) >= 11 is 1.54. The summed E-state index contributed by atoms with van der Waals surface area (Å²) in [7, 11) is -2.18. The second-order valence-electron chi connectivity index (χ2n) is 4.16. The molecule has 21 heavy (non-hydrogen) atoms. The molecule has 0 unspecified atom stereocenters. The largest absolute Gasteiger partial charge is 0.454 e. The van der Waals surface area contributed by atoms with E-state index in [1.807, 2.05) is 30.5 Å². The lowest BCUT2D eigenvalue weighted by atomic mass is 10.3. The van der Waals surface area contributed by atoms with Crippen LogP contribution in [0.3, 0.4) is 0 Å². The Balaban J connectivity index is 2.43. The van der Waals surface area contributed by atoms with Crippen molar-refractivity contribution in [3.8, 4) is 11.5 Å². The van der Waals surface area contributed by atoms with Gasteiger partial charge in [-0.15, -0.1) is 11.8 Å². The van der Waals surface area contributed by atoms with E-state index >= 15 is 0 Å². The third kappa shape index (κ3) is 3.49. The molecule has 0 bridgehead atoms. The summed E-state index contributed by atoms with van der Waals surface area (Å²) in [5.74, 6) is 0.948. The molecule has 2 aromatic carbocycles. The summed E-state index contributed by atoms with van der Waals surface area (Å²) in [4.78, 5) is 1.05. The Bertz CT molecular complexity index is 746. The van der Waals surface area contributed by atoms with Gasteiger partial charge in [0.2, 0.25) is 10.0 Å². The Hall–Kier alpha value is -1.70. The SMILES string of the molecule is CNS(=O)(=O)c1ccc(N)c(Oc2ccccc2SC)c1. The molecule has 0 aliphatic heterocycles.